The number of aliphatic hydroxyl groups excluding tert-OH is 1. The third-order valence-electron chi connectivity index (χ3n) is 3.36. The predicted octanol–water partition coefficient (Wildman–Crippen LogP) is 2.52. The Morgan fingerprint density at radius 2 is 2.00 bits per heavy atom. The molecular weight excluding hydrogens is 294 g/mol. The van der Waals surface area contributed by atoms with Crippen molar-refractivity contribution in [1.29, 1.82) is 0 Å². The van der Waals surface area contributed by atoms with Crippen molar-refractivity contribution in [3.8, 4) is 12.3 Å². The zero-order valence-corrected chi connectivity index (χ0v) is 13.3. The molecule has 0 aliphatic rings. The molecule has 1 amide bonds. The number of aliphatic hydroxyl groups is 1. The van der Waals surface area contributed by atoms with Crippen LogP contribution in [0.4, 0.5) is 0 Å². The van der Waals surface area contributed by atoms with Crippen molar-refractivity contribution >= 4 is 23.2 Å². The van der Waals surface area contributed by atoms with Gasteiger partial charge in [-0.3, -0.25) is 9.59 Å². The molecule has 23 heavy (non-hydrogen) atoms. The van der Waals surface area contributed by atoms with E-state index in [0.717, 1.165) is 16.7 Å². The molecule has 0 bridgehead atoms. The van der Waals surface area contributed by atoms with Crippen molar-refractivity contribution in [1.82, 2.24) is 5.32 Å². The lowest BCUT2D eigenvalue weighted by molar-refractivity contribution is -0.137. The molecule has 0 saturated heterocycles. The Kier molecular flexibility index (Phi) is 6.16. The lowest BCUT2D eigenvalue weighted by atomic mass is 9.93. The zero-order valence-electron chi connectivity index (χ0n) is 13.3. The van der Waals surface area contributed by atoms with Gasteiger partial charge in [-0.05, 0) is 37.5 Å². The topological polar surface area (TPSA) is 86.6 Å². The van der Waals surface area contributed by atoms with Gasteiger partial charge in [0.25, 0.3) is 5.91 Å². The third-order valence-corrected chi connectivity index (χ3v) is 3.36. The first-order chi connectivity index (χ1) is 10.8. The Morgan fingerprint density at radius 3 is 2.52 bits per heavy atom. The van der Waals surface area contributed by atoms with Gasteiger partial charge in [0.1, 0.15) is 17.9 Å². The molecule has 0 aliphatic heterocycles. The van der Waals surface area contributed by atoms with E-state index in [4.69, 9.17) is 11.5 Å². The van der Waals surface area contributed by atoms with E-state index in [2.05, 4.69) is 11.2 Å². The molecule has 5 nitrogen and oxygen atoms in total. The van der Waals surface area contributed by atoms with Gasteiger partial charge in [0.2, 0.25) is 0 Å². The second-order valence-corrected chi connectivity index (χ2v) is 4.91. The van der Waals surface area contributed by atoms with Gasteiger partial charge in [-0.1, -0.05) is 30.2 Å². The van der Waals surface area contributed by atoms with Gasteiger partial charge in [-0.25, -0.2) is 0 Å². The molecule has 3 N–H and O–H groups in total. The van der Waals surface area contributed by atoms with E-state index in [0.29, 0.717) is 5.56 Å². The van der Waals surface area contributed by atoms with E-state index >= 15 is 0 Å². The number of hydrogen-bond acceptors (Lipinski definition) is 3. The number of carboxylic acid groups (broad SMARTS) is 1. The van der Waals surface area contributed by atoms with Crippen molar-refractivity contribution in [3.63, 3.8) is 0 Å². The number of carboxylic acids is 1. The quantitative estimate of drug-likeness (QED) is 0.443. The number of carbonyl (C=O) groups excluding carboxylic acids is 1. The highest BCUT2D eigenvalue weighted by atomic mass is 16.4. The monoisotopic (exact) mass is 313 g/mol. The molecule has 0 aromatic heterocycles. The molecule has 1 aromatic rings. The van der Waals surface area contributed by atoms with Crippen LogP contribution in [0.2, 0.25) is 0 Å². The Labute approximate surface area is 135 Å². The maximum Gasteiger partial charge on any atom is 0.322 e. The Bertz CT molecular complexity index is 736. The van der Waals surface area contributed by atoms with Crippen LogP contribution < -0.4 is 5.32 Å². The molecule has 0 saturated carbocycles. The maximum atomic E-state index is 12.0. The number of hydrogen-bond donors (Lipinski definition) is 3. The Hall–Kier alpha value is -3.00. The number of aliphatic carboxylic acids is 1. The van der Waals surface area contributed by atoms with Crippen LogP contribution in [-0.4, -0.2) is 28.6 Å². The first-order valence-corrected chi connectivity index (χ1v) is 6.96. The second kappa shape index (κ2) is 7.85. The maximum absolute atomic E-state index is 12.0. The Morgan fingerprint density at radius 1 is 1.35 bits per heavy atom. The van der Waals surface area contributed by atoms with E-state index in [1.54, 1.807) is 12.1 Å². The lowest BCUT2D eigenvalue weighted by Crippen LogP contribution is -2.30. The molecule has 0 spiro atoms. The number of carbonyl (C=O) groups is 2. The number of nitrogens with one attached hydrogen (secondary N) is 1. The summed E-state index contributed by atoms with van der Waals surface area (Å²) in [6.45, 7) is 5.07. The van der Waals surface area contributed by atoms with Crippen molar-refractivity contribution in [2.75, 3.05) is 6.54 Å². The molecule has 1 aromatic carbocycles. The van der Waals surface area contributed by atoms with Crippen LogP contribution in [0.25, 0.3) is 11.3 Å². The first-order valence-electron chi connectivity index (χ1n) is 6.96. The number of allylic oxidation sites excluding steroid dienone is 2. The number of aryl methyl sites for hydroxylation is 1. The summed E-state index contributed by atoms with van der Waals surface area (Å²) in [6.07, 6.45) is 7.21. The van der Waals surface area contributed by atoms with Crippen LogP contribution in [0.1, 0.15) is 30.5 Å². The molecule has 0 heterocycles. The first kappa shape index (κ1) is 18.1. The summed E-state index contributed by atoms with van der Waals surface area (Å²) in [4.78, 5) is 22.5. The molecule has 0 fully saturated rings. The molecule has 0 radical (unpaired) electrons. The van der Waals surface area contributed by atoms with Crippen LogP contribution in [0, 0.1) is 19.3 Å². The number of amides is 1. The van der Waals surface area contributed by atoms with E-state index in [1.165, 1.54) is 0 Å². The van der Waals surface area contributed by atoms with Gasteiger partial charge in [0.15, 0.2) is 0 Å². The summed E-state index contributed by atoms with van der Waals surface area (Å²) in [5, 5.41) is 21.2. The minimum absolute atomic E-state index is 0.304. The smallest absolute Gasteiger partial charge is 0.322 e. The molecule has 0 unspecified atom stereocenters. The van der Waals surface area contributed by atoms with Crippen LogP contribution in [-0.2, 0) is 9.59 Å². The Balaban J connectivity index is 3.43. The van der Waals surface area contributed by atoms with Crippen LogP contribution in [0.15, 0.2) is 29.8 Å². The minimum atomic E-state index is -1.20. The fourth-order valence-corrected chi connectivity index (χ4v) is 2.15. The van der Waals surface area contributed by atoms with Gasteiger partial charge in [-0.15, -0.1) is 6.42 Å². The second-order valence-electron chi connectivity index (χ2n) is 4.91. The van der Waals surface area contributed by atoms with Gasteiger partial charge in [0.05, 0.1) is 0 Å². The normalized spacial score (nSPS) is 12.2. The average Bonchev–Trinajstić information content (AvgIpc) is 2.52. The highest BCUT2D eigenvalue weighted by molar-refractivity contribution is 6.05. The molecular formula is C18H19NO4. The highest BCUT2D eigenvalue weighted by Gasteiger charge is 2.19. The van der Waals surface area contributed by atoms with Crippen LogP contribution >= 0.6 is 0 Å². The molecule has 1 rings (SSSR count). The minimum Gasteiger partial charge on any atom is -0.506 e. The number of rotatable bonds is 5. The number of benzene rings is 1. The summed E-state index contributed by atoms with van der Waals surface area (Å²) in [6, 6.07) is 5.29. The average molecular weight is 313 g/mol. The number of terminal acetylenes is 1. The van der Waals surface area contributed by atoms with Crippen molar-refractivity contribution in [3.05, 3.63) is 46.5 Å². The fraction of sp³-hybridized carbons (Fsp3) is 0.222. The molecule has 5 heteroatoms. The summed E-state index contributed by atoms with van der Waals surface area (Å²) in [5.74, 6) is -0.225. The van der Waals surface area contributed by atoms with Crippen molar-refractivity contribution < 1.29 is 19.8 Å². The van der Waals surface area contributed by atoms with E-state index < -0.39 is 18.4 Å². The third kappa shape index (κ3) is 4.24. The lowest BCUT2D eigenvalue weighted by Gasteiger charge is -2.14. The van der Waals surface area contributed by atoms with Crippen LogP contribution in [0.5, 0.6) is 0 Å². The summed E-state index contributed by atoms with van der Waals surface area (Å²) >= 11 is 0. The molecule has 120 valence electrons. The van der Waals surface area contributed by atoms with Crippen molar-refractivity contribution in [2.24, 2.45) is 0 Å². The van der Waals surface area contributed by atoms with Crippen LogP contribution in [0.3, 0.4) is 0 Å². The summed E-state index contributed by atoms with van der Waals surface area (Å²) in [5.41, 5.74) is 2.76. The van der Waals surface area contributed by atoms with E-state index in [9.17, 15) is 14.7 Å². The largest absolute Gasteiger partial charge is 0.506 e. The SMILES string of the molecule is C#C/C(C(=O)NCC(=O)O)=C(/O)c1cccc(C)c1/C(C)=C\C. The summed E-state index contributed by atoms with van der Waals surface area (Å²) in [7, 11) is 0. The van der Waals surface area contributed by atoms with E-state index in [1.807, 2.05) is 32.9 Å². The summed E-state index contributed by atoms with van der Waals surface area (Å²) < 4.78 is 0. The van der Waals surface area contributed by atoms with E-state index in [-0.39, 0.29) is 11.3 Å². The van der Waals surface area contributed by atoms with Gasteiger partial charge in [-0.2, -0.15) is 0 Å². The van der Waals surface area contributed by atoms with Gasteiger partial charge in [0, 0.05) is 5.56 Å². The molecule has 0 aliphatic carbocycles. The standard InChI is InChI=1S/C18H19NO4/c1-5-11(3)16-12(4)8-7-9-14(16)17(22)13(6-2)18(23)19-10-15(20)21/h2,5,7-9,22H,10H2,1,3-4H3,(H,19,23)(H,20,21)/b11-5-,17-13-. The predicted molar refractivity (Wildman–Crippen MR) is 89.5 cm³/mol. The van der Waals surface area contributed by atoms with Gasteiger partial charge < -0.3 is 15.5 Å². The highest BCUT2D eigenvalue weighted by Crippen LogP contribution is 2.28. The zero-order chi connectivity index (χ0) is 17.6. The fourth-order valence-electron chi connectivity index (χ4n) is 2.15. The molecule has 0 atom stereocenters. The van der Waals surface area contributed by atoms with Gasteiger partial charge >= 0.3 is 5.97 Å². The van der Waals surface area contributed by atoms with Crippen molar-refractivity contribution in [2.45, 2.75) is 20.8 Å².